The van der Waals surface area contributed by atoms with Crippen molar-refractivity contribution in [2.24, 2.45) is 0 Å². The summed E-state index contributed by atoms with van der Waals surface area (Å²) in [6, 6.07) is 12.7. The second-order valence-electron chi connectivity index (χ2n) is 9.06. The number of hydrogen-bond acceptors (Lipinski definition) is 4. The van der Waals surface area contributed by atoms with Gasteiger partial charge in [0.15, 0.2) is 5.69 Å². The molecule has 9 heteroatoms. The van der Waals surface area contributed by atoms with Crippen LogP contribution in [0.15, 0.2) is 42.5 Å². The van der Waals surface area contributed by atoms with Gasteiger partial charge in [-0.3, -0.25) is 4.79 Å². The highest BCUT2D eigenvalue weighted by Gasteiger charge is 2.31. The summed E-state index contributed by atoms with van der Waals surface area (Å²) in [7, 11) is 0. The highest BCUT2D eigenvalue weighted by Crippen LogP contribution is 2.35. The van der Waals surface area contributed by atoms with E-state index in [0.29, 0.717) is 50.7 Å². The van der Waals surface area contributed by atoms with E-state index in [-0.39, 0.29) is 5.91 Å². The Labute approximate surface area is 220 Å². The third-order valence-corrected chi connectivity index (χ3v) is 7.41. The molecular formula is C26H27Cl3N4O2. The van der Waals surface area contributed by atoms with Crippen LogP contribution in [0.1, 0.15) is 54.6 Å². The number of ether oxygens (including phenoxy) is 1. The Bertz CT molecular complexity index is 1200. The fourth-order valence-corrected chi connectivity index (χ4v) is 5.36. The van der Waals surface area contributed by atoms with Crippen LogP contribution >= 0.6 is 34.8 Å². The fourth-order valence-electron chi connectivity index (χ4n) is 4.75. The van der Waals surface area contributed by atoms with Crippen molar-refractivity contribution in [1.82, 2.24) is 20.0 Å². The van der Waals surface area contributed by atoms with Crippen LogP contribution in [0.2, 0.25) is 15.1 Å². The first kappa shape index (κ1) is 24.4. The molecule has 1 aliphatic carbocycles. The first-order chi connectivity index (χ1) is 17.0. The summed E-state index contributed by atoms with van der Waals surface area (Å²) in [6.07, 6.45) is 6.67. The summed E-state index contributed by atoms with van der Waals surface area (Å²) < 4.78 is 8.00. The summed E-state index contributed by atoms with van der Waals surface area (Å²) in [5.74, 6) is 0.947. The Morgan fingerprint density at radius 1 is 0.971 bits per heavy atom. The SMILES string of the molecule is O=C(c1nn(-c2ccc(Cl)cc2Cl)c(Oc2ccc(Cl)cc2)c1CNC1CCCC1)N1CCCC1. The maximum atomic E-state index is 13.6. The number of benzene rings is 2. The predicted molar refractivity (Wildman–Crippen MR) is 139 cm³/mol. The number of aromatic nitrogens is 2. The van der Waals surface area contributed by atoms with Gasteiger partial charge in [0.05, 0.1) is 16.3 Å². The lowest BCUT2D eigenvalue weighted by molar-refractivity contribution is 0.0785. The molecule has 5 rings (SSSR count). The highest BCUT2D eigenvalue weighted by molar-refractivity contribution is 6.35. The molecule has 0 unspecified atom stereocenters. The molecule has 35 heavy (non-hydrogen) atoms. The molecule has 1 aliphatic heterocycles. The molecule has 6 nitrogen and oxygen atoms in total. The van der Waals surface area contributed by atoms with E-state index in [1.54, 1.807) is 47.1 Å². The van der Waals surface area contributed by atoms with E-state index in [4.69, 9.17) is 44.6 Å². The second-order valence-corrected chi connectivity index (χ2v) is 10.3. The van der Waals surface area contributed by atoms with Gasteiger partial charge in [-0.05, 0) is 68.1 Å². The van der Waals surface area contributed by atoms with E-state index in [9.17, 15) is 4.79 Å². The van der Waals surface area contributed by atoms with Crippen LogP contribution in [0.5, 0.6) is 11.6 Å². The molecule has 1 N–H and O–H groups in total. The van der Waals surface area contributed by atoms with Crippen LogP contribution in [0.3, 0.4) is 0 Å². The van der Waals surface area contributed by atoms with Gasteiger partial charge in [0, 0.05) is 35.7 Å². The van der Waals surface area contributed by atoms with Gasteiger partial charge in [-0.2, -0.15) is 9.78 Å². The average Bonchev–Trinajstić information content (AvgIpc) is 3.61. The van der Waals surface area contributed by atoms with Gasteiger partial charge in [0.2, 0.25) is 5.88 Å². The topological polar surface area (TPSA) is 59.4 Å². The van der Waals surface area contributed by atoms with Crippen molar-refractivity contribution >= 4 is 40.7 Å². The maximum absolute atomic E-state index is 13.6. The number of carbonyl (C=O) groups excluding carboxylic acids is 1. The Hall–Kier alpha value is -2.25. The number of halogens is 3. The summed E-state index contributed by atoms with van der Waals surface area (Å²) in [6.45, 7) is 1.93. The highest BCUT2D eigenvalue weighted by atomic mass is 35.5. The van der Waals surface area contributed by atoms with Crippen molar-refractivity contribution in [1.29, 1.82) is 0 Å². The molecule has 1 saturated carbocycles. The van der Waals surface area contributed by atoms with E-state index in [1.807, 2.05) is 4.90 Å². The number of rotatable bonds is 7. The Morgan fingerprint density at radius 2 is 1.66 bits per heavy atom. The molecule has 2 heterocycles. The number of amides is 1. The summed E-state index contributed by atoms with van der Waals surface area (Å²) in [4.78, 5) is 15.5. The summed E-state index contributed by atoms with van der Waals surface area (Å²) in [5.41, 5.74) is 1.68. The molecule has 1 saturated heterocycles. The van der Waals surface area contributed by atoms with Gasteiger partial charge in [0.1, 0.15) is 5.75 Å². The van der Waals surface area contributed by atoms with Crippen molar-refractivity contribution in [3.8, 4) is 17.3 Å². The fraction of sp³-hybridized carbons (Fsp3) is 0.385. The monoisotopic (exact) mass is 532 g/mol. The molecule has 1 aromatic heterocycles. The molecular weight excluding hydrogens is 507 g/mol. The molecule has 2 fully saturated rings. The van der Waals surface area contributed by atoms with Gasteiger partial charge in [0.25, 0.3) is 5.91 Å². The zero-order valence-electron chi connectivity index (χ0n) is 19.3. The van der Waals surface area contributed by atoms with Crippen LogP contribution in [-0.2, 0) is 6.54 Å². The second kappa shape index (κ2) is 10.8. The van der Waals surface area contributed by atoms with E-state index in [0.717, 1.165) is 44.3 Å². The Kier molecular flexibility index (Phi) is 7.54. The Balaban J connectivity index is 1.62. The number of likely N-dealkylation sites (tertiary alicyclic amines) is 1. The summed E-state index contributed by atoms with van der Waals surface area (Å²) >= 11 is 18.8. The number of carbonyl (C=O) groups is 1. The summed E-state index contributed by atoms with van der Waals surface area (Å²) in [5, 5.41) is 9.95. The minimum absolute atomic E-state index is 0.0875. The van der Waals surface area contributed by atoms with E-state index < -0.39 is 0 Å². The molecule has 0 atom stereocenters. The molecule has 2 aromatic carbocycles. The zero-order valence-corrected chi connectivity index (χ0v) is 21.5. The number of nitrogens with one attached hydrogen (secondary N) is 1. The molecule has 0 bridgehead atoms. The first-order valence-electron chi connectivity index (χ1n) is 12.0. The maximum Gasteiger partial charge on any atom is 0.274 e. The average molecular weight is 534 g/mol. The van der Waals surface area contributed by atoms with E-state index >= 15 is 0 Å². The normalized spacial score (nSPS) is 16.3. The minimum Gasteiger partial charge on any atom is -0.439 e. The molecule has 3 aromatic rings. The lowest BCUT2D eigenvalue weighted by Gasteiger charge is -2.17. The van der Waals surface area contributed by atoms with Crippen molar-refractivity contribution in [3.05, 3.63) is 68.8 Å². The lowest BCUT2D eigenvalue weighted by Crippen LogP contribution is -2.30. The number of hydrogen-bond donors (Lipinski definition) is 1. The van der Waals surface area contributed by atoms with Crippen LogP contribution < -0.4 is 10.1 Å². The van der Waals surface area contributed by atoms with Crippen molar-refractivity contribution in [2.45, 2.75) is 51.1 Å². The van der Waals surface area contributed by atoms with E-state index in [1.165, 1.54) is 12.8 Å². The smallest absolute Gasteiger partial charge is 0.274 e. The quantitative estimate of drug-likeness (QED) is 0.359. The van der Waals surface area contributed by atoms with Crippen LogP contribution in [0.25, 0.3) is 5.69 Å². The van der Waals surface area contributed by atoms with Crippen molar-refractivity contribution < 1.29 is 9.53 Å². The minimum atomic E-state index is -0.0875. The third kappa shape index (κ3) is 5.46. The van der Waals surface area contributed by atoms with Crippen molar-refractivity contribution in [2.75, 3.05) is 13.1 Å². The standard InChI is InChI=1S/C26H27Cl3N4O2/c27-17-7-10-20(11-8-17)35-26-21(16-30-19-5-1-2-6-19)24(25(34)32-13-3-4-14-32)31-33(26)23-12-9-18(28)15-22(23)29/h7-12,15,19,30H,1-6,13-14,16H2. The molecule has 2 aliphatic rings. The first-order valence-corrected chi connectivity index (χ1v) is 13.2. The van der Waals surface area contributed by atoms with E-state index in [2.05, 4.69) is 5.32 Å². The zero-order chi connectivity index (χ0) is 24.4. The number of nitrogens with zero attached hydrogens (tertiary/aromatic N) is 3. The third-order valence-electron chi connectivity index (χ3n) is 6.62. The van der Waals surface area contributed by atoms with Crippen molar-refractivity contribution in [3.63, 3.8) is 0 Å². The lowest BCUT2D eigenvalue weighted by atomic mass is 10.2. The van der Waals surface area contributed by atoms with Crippen LogP contribution in [0.4, 0.5) is 0 Å². The van der Waals surface area contributed by atoms with Crippen LogP contribution in [0, 0.1) is 0 Å². The molecule has 1 amide bonds. The largest absolute Gasteiger partial charge is 0.439 e. The van der Waals surface area contributed by atoms with Gasteiger partial charge in [-0.1, -0.05) is 47.6 Å². The molecule has 0 spiro atoms. The van der Waals surface area contributed by atoms with Crippen LogP contribution in [-0.4, -0.2) is 39.7 Å². The molecule has 184 valence electrons. The Morgan fingerprint density at radius 3 is 2.34 bits per heavy atom. The predicted octanol–water partition coefficient (Wildman–Crippen LogP) is 6.89. The van der Waals surface area contributed by atoms with Gasteiger partial charge >= 0.3 is 0 Å². The van der Waals surface area contributed by atoms with Gasteiger partial charge in [-0.25, -0.2) is 0 Å². The van der Waals surface area contributed by atoms with Gasteiger partial charge in [-0.15, -0.1) is 0 Å². The molecule has 0 radical (unpaired) electrons. The van der Waals surface area contributed by atoms with Gasteiger partial charge < -0.3 is 15.0 Å².